The molecule has 0 atom stereocenters. The van der Waals surface area contributed by atoms with Crippen LogP contribution in [-0.2, 0) is 0 Å². The molecule has 2 heterocycles. The van der Waals surface area contributed by atoms with E-state index in [0.29, 0.717) is 0 Å². The first-order valence-corrected chi connectivity index (χ1v) is 22.2. The SMILES string of the molecule is c1ccc2c(c1)Sc1ccc(-c3ccc(-c4c5ccccc5c(-c5ccc(-c6ccc7c8c(cccc68)-c6ccccc6S7)cc5)c5ccccc45)cc3)c3cccc-2c13. The molecule has 278 valence electrons. The average molecular weight is 795 g/mol. The van der Waals surface area contributed by atoms with Crippen molar-refractivity contribution in [3.8, 4) is 66.8 Å². The Hall–Kier alpha value is -6.84. The van der Waals surface area contributed by atoms with Gasteiger partial charge >= 0.3 is 0 Å². The van der Waals surface area contributed by atoms with Gasteiger partial charge in [-0.2, -0.15) is 0 Å². The highest BCUT2D eigenvalue weighted by Gasteiger charge is 2.23. The van der Waals surface area contributed by atoms with Crippen LogP contribution in [0.3, 0.4) is 0 Å². The molecule has 0 saturated carbocycles. The van der Waals surface area contributed by atoms with E-state index in [0.717, 1.165) is 0 Å². The third-order valence-corrected chi connectivity index (χ3v) is 15.0. The van der Waals surface area contributed by atoms with Crippen molar-refractivity contribution in [2.75, 3.05) is 0 Å². The molecule has 0 radical (unpaired) electrons. The van der Waals surface area contributed by atoms with Gasteiger partial charge in [-0.3, -0.25) is 0 Å². The van der Waals surface area contributed by atoms with Crippen LogP contribution in [0.25, 0.3) is 110 Å². The second-order valence-corrected chi connectivity index (χ2v) is 18.0. The van der Waals surface area contributed by atoms with Crippen LogP contribution in [0.1, 0.15) is 0 Å². The molecule has 2 heteroatoms. The molecule has 0 aliphatic carbocycles. The van der Waals surface area contributed by atoms with Crippen LogP contribution in [0.15, 0.2) is 226 Å². The van der Waals surface area contributed by atoms with Gasteiger partial charge in [0.25, 0.3) is 0 Å². The van der Waals surface area contributed by atoms with Crippen molar-refractivity contribution in [1.82, 2.24) is 0 Å². The van der Waals surface area contributed by atoms with Gasteiger partial charge in [-0.1, -0.05) is 206 Å². The normalized spacial score (nSPS) is 12.5. The summed E-state index contributed by atoms with van der Waals surface area (Å²) in [6, 6.07) is 76.9. The first kappa shape index (κ1) is 34.1. The van der Waals surface area contributed by atoms with Gasteiger partial charge < -0.3 is 0 Å². The first-order valence-electron chi connectivity index (χ1n) is 20.6. The Labute approximate surface area is 357 Å². The van der Waals surface area contributed by atoms with Crippen molar-refractivity contribution in [1.29, 1.82) is 0 Å². The van der Waals surface area contributed by atoms with Gasteiger partial charge in [0.1, 0.15) is 0 Å². The minimum Gasteiger partial charge on any atom is -0.0888 e. The van der Waals surface area contributed by atoms with E-state index < -0.39 is 0 Å². The van der Waals surface area contributed by atoms with Crippen LogP contribution in [0.5, 0.6) is 0 Å². The Morgan fingerprint density at radius 3 is 0.950 bits per heavy atom. The van der Waals surface area contributed by atoms with Gasteiger partial charge in [-0.15, -0.1) is 0 Å². The molecule has 0 aromatic heterocycles. The molecule has 2 aliphatic rings. The zero-order valence-electron chi connectivity index (χ0n) is 32.4. The molecular formula is C58H34S2. The van der Waals surface area contributed by atoms with Crippen molar-refractivity contribution < 1.29 is 0 Å². The van der Waals surface area contributed by atoms with Gasteiger partial charge in [0.05, 0.1) is 0 Å². The fourth-order valence-corrected chi connectivity index (χ4v) is 12.3. The second-order valence-electron chi connectivity index (χ2n) is 15.9. The zero-order valence-corrected chi connectivity index (χ0v) is 34.1. The van der Waals surface area contributed by atoms with E-state index in [1.54, 1.807) is 0 Å². The van der Waals surface area contributed by atoms with E-state index in [1.807, 2.05) is 23.5 Å². The van der Waals surface area contributed by atoms with Gasteiger partial charge in [-0.05, 0) is 123 Å². The topological polar surface area (TPSA) is 0 Å². The van der Waals surface area contributed by atoms with Crippen molar-refractivity contribution in [2.24, 2.45) is 0 Å². The Bertz CT molecular complexity index is 3280. The zero-order chi connectivity index (χ0) is 39.3. The highest BCUT2D eigenvalue weighted by atomic mass is 32.2. The predicted molar refractivity (Wildman–Crippen MR) is 257 cm³/mol. The van der Waals surface area contributed by atoms with Crippen molar-refractivity contribution in [3.63, 3.8) is 0 Å². The minimum atomic E-state index is 1.23. The Kier molecular flexibility index (Phi) is 7.57. The summed E-state index contributed by atoms with van der Waals surface area (Å²) < 4.78 is 0. The lowest BCUT2D eigenvalue weighted by Crippen LogP contribution is -1.94. The van der Waals surface area contributed by atoms with Gasteiger partial charge in [0, 0.05) is 30.4 Å². The lowest BCUT2D eigenvalue weighted by atomic mass is 9.85. The third kappa shape index (κ3) is 5.08. The lowest BCUT2D eigenvalue weighted by Gasteiger charge is -2.22. The van der Waals surface area contributed by atoms with Gasteiger partial charge in [-0.25, -0.2) is 0 Å². The third-order valence-electron chi connectivity index (χ3n) is 12.7. The summed E-state index contributed by atoms with van der Waals surface area (Å²) in [5.74, 6) is 0. The summed E-state index contributed by atoms with van der Waals surface area (Å²) in [4.78, 5) is 5.31. The molecule has 0 fully saturated rings. The molecule has 60 heavy (non-hydrogen) atoms. The van der Waals surface area contributed by atoms with E-state index in [4.69, 9.17) is 0 Å². The van der Waals surface area contributed by atoms with Crippen LogP contribution < -0.4 is 0 Å². The standard InChI is InChI=1S/C58H34S2/c1-2-14-48-47(13-1)55(37-27-23-35(24-28-37)39-31-33-53-57-43(39)17-9-19-45(57)41-11-5-7-21-51(41)59-53)49-15-3-4-16-50(49)56(48)38-29-25-36(26-30-38)40-32-34-54-58-44(40)18-10-20-46(58)42-12-6-8-22-52(42)60-54/h1-34H. The highest BCUT2D eigenvalue weighted by Crippen LogP contribution is 2.52. The second kappa shape index (κ2) is 13.3. The molecular weight excluding hydrogens is 761 g/mol. The predicted octanol–water partition coefficient (Wildman–Crippen LogP) is 17.2. The van der Waals surface area contributed by atoms with Gasteiger partial charge in [0.2, 0.25) is 0 Å². The maximum atomic E-state index is 2.33. The van der Waals surface area contributed by atoms with Crippen LogP contribution in [0.4, 0.5) is 0 Å². The number of rotatable bonds is 4. The van der Waals surface area contributed by atoms with E-state index in [2.05, 4.69) is 206 Å². The van der Waals surface area contributed by atoms with E-state index in [9.17, 15) is 0 Å². The molecule has 0 unspecified atom stereocenters. The minimum absolute atomic E-state index is 1.23. The Morgan fingerprint density at radius 1 is 0.200 bits per heavy atom. The van der Waals surface area contributed by atoms with E-state index in [1.165, 1.54) is 129 Å². The van der Waals surface area contributed by atoms with Crippen molar-refractivity contribution >= 4 is 66.6 Å². The van der Waals surface area contributed by atoms with E-state index >= 15 is 0 Å². The molecule has 11 aromatic rings. The average Bonchev–Trinajstić information content (AvgIpc) is 3.31. The van der Waals surface area contributed by atoms with Crippen LogP contribution >= 0.6 is 23.5 Å². The van der Waals surface area contributed by atoms with Crippen LogP contribution in [-0.4, -0.2) is 0 Å². The molecule has 11 aromatic carbocycles. The summed E-state index contributed by atoms with van der Waals surface area (Å²) >= 11 is 3.76. The molecule has 13 rings (SSSR count). The number of fused-ring (bicyclic) bond motifs is 6. The summed E-state index contributed by atoms with van der Waals surface area (Å²) in [5, 5.41) is 10.4. The quantitative estimate of drug-likeness (QED) is 0.163. The van der Waals surface area contributed by atoms with Gasteiger partial charge in [0.15, 0.2) is 0 Å². The fraction of sp³-hybridized carbons (Fsp3) is 0. The molecule has 0 saturated heterocycles. The molecule has 0 nitrogen and oxygen atoms in total. The molecule has 0 amide bonds. The summed E-state index contributed by atoms with van der Waals surface area (Å²) in [6.45, 7) is 0. The Morgan fingerprint density at radius 2 is 0.533 bits per heavy atom. The van der Waals surface area contributed by atoms with E-state index in [-0.39, 0.29) is 0 Å². The molecule has 0 N–H and O–H groups in total. The first-order chi connectivity index (χ1) is 29.8. The summed E-state index contributed by atoms with van der Waals surface area (Å²) in [6.07, 6.45) is 0. The molecule has 0 spiro atoms. The van der Waals surface area contributed by atoms with Crippen LogP contribution in [0, 0.1) is 0 Å². The largest absolute Gasteiger partial charge is 0.0888 e. The number of hydrogen-bond acceptors (Lipinski definition) is 2. The fourth-order valence-electron chi connectivity index (χ4n) is 10.0. The maximum Gasteiger partial charge on any atom is 0.0207 e. The lowest BCUT2D eigenvalue weighted by molar-refractivity contribution is 1.40. The number of benzene rings is 11. The Balaban J connectivity index is 0.913. The maximum absolute atomic E-state index is 2.33. The smallest absolute Gasteiger partial charge is 0.0207 e. The van der Waals surface area contributed by atoms with Crippen molar-refractivity contribution in [3.05, 3.63) is 206 Å². The summed E-state index contributed by atoms with van der Waals surface area (Å²) in [7, 11) is 0. The van der Waals surface area contributed by atoms with Crippen molar-refractivity contribution in [2.45, 2.75) is 19.6 Å². The number of hydrogen-bond donors (Lipinski definition) is 0. The highest BCUT2D eigenvalue weighted by molar-refractivity contribution is 8.00. The molecule has 2 aliphatic heterocycles. The molecule has 0 bridgehead atoms. The monoisotopic (exact) mass is 794 g/mol. The van der Waals surface area contributed by atoms with Crippen LogP contribution in [0.2, 0.25) is 0 Å². The summed E-state index contributed by atoms with van der Waals surface area (Å²) in [5.41, 5.74) is 15.3.